The SMILES string of the molecule is C=CCCCOc1cc(N)nc(C2CC2)n1. The molecule has 1 saturated carbocycles. The maximum atomic E-state index is 5.71. The normalized spacial score (nSPS) is 14.8. The van der Waals surface area contributed by atoms with Gasteiger partial charge in [-0.1, -0.05) is 6.08 Å². The Hall–Kier alpha value is -1.58. The largest absolute Gasteiger partial charge is 0.478 e. The molecule has 1 aromatic rings. The van der Waals surface area contributed by atoms with Gasteiger partial charge in [0, 0.05) is 12.0 Å². The smallest absolute Gasteiger partial charge is 0.218 e. The number of nitrogens with two attached hydrogens (primary N) is 1. The number of hydrogen-bond donors (Lipinski definition) is 1. The van der Waals surface area contributed by atoms with Gasteiger partial charge in [0.2, 0.25) is 5.88 Å². The maximum absolute atomic E-state index is 5.71. The van der Waals surface area contributed by atoms with Crippen LogP contribution in [0.25, 0.3) is 0 Å². The molecule has 4 heteroatoms. The third-order valence-corrected chi connectivity index (χ3v) is 2.48. The summed E-state index contributed by atoms with van der Waals surface area (Å²) in [6.45, 7) is 4.31. The topological polar surface area (TPSA) is 61.0 Å². The number of hydrogen-bond acceptors (Lipinski definition) is 4. The highest BCUT2D eigenvalue weighted by atomic mass is 16.5. The Kier molecular flexibility index (Phi) is 3.39. The molecular weight excluding hydrogens is 202 g/mol. The summed E-state index contributed by atoms with van der Waals surface area (Å²) >= 11 is 0. The average molecular weight is 219 g/mol. The lowest BCUT2D eigenvalue weighted by molar-refractivity contribution is 0.299. The minimum Gasteiger partial charge on any atom is -0.478 e. The molecule has 1 aliphatic rings. The first-order chi connectivity index (χ1) is 7.79. The summed E-state index contributed by atoms with van der Waals surface area (Å²) in [5.74, 6) is 2.42. The van der Waals surface area contributed by atoms with Crippen LogP contribution in [0.1, 0.15) is 37.4 Å². The summed E-state index contributed by atoms with van der Waals surface area (Å²) in [6, 6.07) is 1.68. The van der Waals surface area contributed by atoms with Gasteiger partial charge in [0.1, 0.15) is 11.6 Å². The van der Waals surface area contributed by atoms with Gasteiger partial charge in [-0.25, -0.2) is 4.98 Å². The lowest BCUT2D eigenvalue weighted by atomic mass is 10.3. The van der Waals surface area contributed by atoms with Crippen LogP contribution in [0.15, 0.2) is 18.7 Å². The molecule has 86 valence electrons. The Morgan fingerprint density at radius 3 is 3.00 bits per heavy atom. The van der Waals surface area contributed by atoms with Crippen LogP contribution in [0.3, 0.4) is 0 Å². The predicted molar refractivity (Wildman–Crippen MR) is 63.3 cm³/mol. The molecule has 0 spiro atoms. The monoisotopic (exact) mass is 219 g/mol. The van der Waals surface area contributed by atoms with Crippen molar-refractivity contribution in [3.63, 3.8) is 0 Å². The average Bonchev–Trinajstić information content (AvgIpc) is 3.07. The van der Waals surface area contributed by atoms with Gasteiger partial charge in [0.25, 0.3) is 0 Å². The van der Waals surface area contributed by atoms with Crippen molar-refractivity contribution >= 4 is 5.82 Å². The van der Waals surface area contributed by atoms with Crippen molar-refractivity contribution < 1.29 is 4.74 Å². The first-order valence-corrected chi connectivity index (χ1v) is 5.67. The van der Waals surface area contributed by atoms with Crippen molar-refractivity contribution in [2.75, 3.05) is 12.3 Å². The van der Waals surface area contributed by atoms with E-state index in [1.54, 1.807) is 6.07 Å². The van der Waals surface area contributed by atoms with Gasteiger partial charge in [-0.15, -0.1) is 6.58 Å². The van der Waals surface area contributed by atoms with E-state index < -0.39 is 0 Å². The Morgan fingerprint density at radius 2 is 2.31 bits per heavy atom. The molecule has 0 bridgehead atoms. The highest BCUT2D eigenvalue weighted by molar-refractivity contribution is 5.34. The molecule has 1 heterocycles. The van der Waals surface area contributed by atoms with E-state index in [0.29, 0.717) is 24.2 Å². The summed E-state index contributed by atoms with van der Waals surface area (Å²) in [4.78, 5) is 8.56. The molecule has 16 heavy (non-hydrogen) atoms. The van der Waals surface area contributed by atoms with Crippen molar-refractivity contribution in [1.82, 2.24) is 9.97 Å². The molecular formula is C12H17N3O. The first-order valence-electron chi connectivity index (χ1n) is 5.67. The number of nitrogens with zero attached hydrogens (tertiary/aromatic N) is 2. The molecule has 1 aromatic heterocycles. The standard InChI is InChI=1S/C12H17N3O/c1-2-3-4-7-16-11-8-10(13)14-12(15-11)9-5-6-9/h2,8-9H,1,3-7H2,(H2,13,14,15). The van der Waals surface area contributed by atoms with Gasteiger partial charge in [-0.05, 0) is 25.7 Å². The van der Waals surface area contributed by atoms with E-state index in [2.05, 4.69) is 16.5 Å². The molecule has 0 aromatic carbocycles. The summed E-state index contributed by atoms with van der Waals surface area (Å²) in [5, 5.41) is 0. The predicted octanol–water partition coefficient (Wildman–Crippen LogP) is 2.28. The summed E-state index contributed by atoms with van der Waals surface area (Å²) in [5.41, 5.74) is 5.71. The van der Waals surface area contributed by atoms with Crippen molar-refractivity contribution in [3.05, 3.63) is 24.5 Å². The van der Waals surface area contributed by atoms with E-state index >= 15 is 0 Å². The molecule has 0 saturated heterocycles. The van der Waals surface area contributed by atoms with E-state index in [-0.39, 0.29) is 0 Å². The maximum Gasteiger partial charge on any atom is 0.218 e. The van der Waals surface area contributed by atoms with Crippen LogP contribution in [0.4, 0.5) is 5.82 Å². The van der Waals surface area contributed by atoms with E-state index in [0.717, 1.165) is 18.7 Å². The third-order valence-electron chi connectivity index (χ3n) is 2.48. The van der Waals surface area contributed by atoms with Crippen LogP contribution in [0, 0.1) is 0 Å². The van der Waals surface area contributed by atoms with Crippen LogP contribution in [-0.4, -0.2) is 16.6 Å². The number of ether oxygens (including phenoxy) is 1. The highest BCUT2D eigenvalue weighted by Crippen LogP contribution is 2.38. The van der Waals surface area contributed by atoms with E-state index in [4.69, 9.17) is 10.5 Å². The molecule has 0 amide bonds. The molecule has 1 fully saturated rings. The number of anilines is 1. The molecule has 0 aliphatic heterocycles. The Bertz CT molecular complexity index is 375. The number of allylic oxidation sites excluding steroid dienone is 1. The van der Waals surface area contributed by atoms with Crippen molar-refractivity contribution in [2.45, 2.75) is 31.6 Å². The fourth-order valence-electron chi connectivity index (χ4n) is 1.46. The van der Waals surface area contributed by atoms with Crippen molar-refractivity contribution in [3.8, 4) is 5.88 Å². The molecule has 0 atom stereocenters. The van der Waals surface area contributed by atoms with E-state index in [1.165, 1.54) is 12.8 Å². The van der Waals surface area contributed by atoms with E-state index in [1.807, 2.05) is 6.08 Å². The quantitative estimate of drug-likeness (QED) is 0.589. The lowest BCUT2D eigenvalue weighted by Gasteiger charge is -2.06. The van der Waals surface area contributed by atoms with Crippen molar-refractivity contribution in [1.29, 1.82) is 0 Å². The number of aromatic nitrogens is 2. The zero-order valence-corrected chi connectivity index (χ0v) is 9.35. The first kappa shape index (κ1) is 10.9. The highest BCUT2D eigenvalue weighted by Gasteiger charge is 2.27. The Labute approximate surface area is 95.5 Å². The molecule has 2 rings (SSSR count). The van der Waals surface area contributed by atoms with Gasteiger partial charge >= 0.3 is 0 Å². The summed E-state index contributed by atoms with van der Waals surface area (Å²) in [7, 11) is 0. The fourth-order valence-corrected chi connectivity index (χ4v) is 1.46. The van der Waals surface area contributed by atoms with Crippen LogP contribution < -0.4 is 10.5 Å². The van der Waals surface area contributed by atoms with Gasteiger partial charge in [0.15, 0.2) is 0 Å². The fraction of sp³-hybridized carbons (Fsp3) is 0.500. The van der Waals surface area contributed by atoms with Crippen molar-refractivity contribution in [2.24, 2.45) is 0 Å². The second kappa shape index (κ2) is 4.96. The molecule has 4 nitrogen and oxygen atoms in total. The third kappa shape index (κ3) is 2.95. The number of nitrogen functional groups attached to an aromatic ring is 1. The molecule has 0 unspecified atom stereocenters. The minimum atomic E-state index is 0.496. The van der Waals surface area contributed by atoms with Gasteiger partial charge in [-0.3, -0.25) is 0 Å². The van der Waals surface area contributed by atoms with Crippen LogP contribution in [-0.2, 0) is 0 Å². The zero-order chi connectivity index (χ0) is 11.4. The van der Waals surface area contributed by atoms with Crippen LogP contribution >= 0.6 is 0 Å². The lowest BCUT2D eigenvalue weighted by Crippen LogP contribution is -2.04. The molecule has 0 radical (unpaired) electrons. The summed E-state index contributed by atoms with van der Waals surface area (Å²) < 4.78 is 5.53. The van der Waals surface area contributed by atoms with Crippen LogP contribution in [0.5, 0.6) is 5.88 Å². The summed E-state index contributed by atoms with van der Waals surface area (Å²) in [6.07, 6.45) is 6.12. The molecule has 2 N–H and O–H groups in total. The van der Waals surface area contributed by atoms with Crippen LogP contribution in [0.2, 0.25) is 0 Å². The molecule has 1 aliphatic carbocycles. The Morgan fingerprint density at radius 1 is 1.50 bits per heavy atom. The zero-order valence-electron chi connectivity index (χ0n) is 9.35. The number of unbranched alkanes of at least 4 members (excludes halogenated alkanes) is 1. The van der Waals surface area contributed by atoms with Gasteiger partial charge in [0.05, 0.1) is 6.61 Å². The number of rotatable bonds is 6. The second-order valence-corrected chi connectivity index (χ2v) is 4.04. The second-order valence-electron chi connectivity index (χ2n) is 4.04. The van der Waals surface area contributed by atoms with E-state index in [9.17, 15) is 0 Å². The van der Waals surface area contributed by atoms with Gasteiger partial charge in [-0.2, -0.15) is 4.98 Å². The Balaban J connectivity index is 1.94. The minimum absolute atomic E-state index is 0.496. The van der Waals surface area contributed by atoms with Gasteiger partial charge < -0.3 is 10.5 Å².